The van der Waals surface area contributed by atoms with E-state index in [4.69, 9.17) is 4.74 Å². The lowest BCUT2D eigenvalue weighted by Crippen LogP contribution is -2.22. The van der Waals surface area contributed by atoms with Gasteiger partial charge in [-0.1, -0.05) is 0 Å². The van der Waals surface area contributed by atoms with E-state index >= 15 is 0 Å². The SMILES string of the molecule is COc1ccc2nc3c([N+](=O)[O-])ccc4c3c(c2c1)NCCN4C. The van der Waals surface area contributed by atoms with Crippen LogP contribution in [0.5, 0.6) is 5.75 Å². The second-order valence-corrected chi connectivity index (χ2v) is 5.80. The average Bonchev–Trinajstić information content (AvgIpc) is 2.75. The van der Waals surface area contributed by atoms with Gasteiger partial charge in [-0.25, -0.2) is 4.98 Å². The van der Waals surface area contributed by atoms with Crippen molar-refractivity contribution in [3.8, 4) is 5.75 Å². The van der Waals surface area contributed by atoms with Gasteiger partial charge in [-0.15, -0.1) is 0 Å². The van der Waals surface area contributed by atoms with Crippen molar-refractivity contribution in [1.82, 2.24) is 4.98 Å². The number of fused-ring (bicyclic) bond motifs is 2. The largest absolute Gasteiger partial charge is 0.497 e. The molecule has 1 N–H and O–H groups in total. The Kier molecular flexibility index (Phi) is 3.16. The minimum Gasteiger partial charge on any atom is -0.497 e. The number of non-ortho nitro benzene ring substituents is 1. The summed E-state index contributed by atoms with van der Waals surface area (Å²) < 4.78 is 5.32. The number of hydrogen-bond acceptors (Lipinski definition) is 6. The first-order valence-corrected chi connectivity index (χ1v) is 7.64. The van der Waals surface area contributed by atoms with E-state index in [0.29, 0.717) is 11.0 Å². The molecule has 1 aliphatic rings. The third kappa shape index (κ3) is 2.01. The Morgan fingerprint density at radius 1 is 1.33 bits per heavy atom. The number of hydrogen-bond donors (Lipinski definition) is 1. The van der Waals surface area contributed by atoms with Crippen molar-refractivity contribution in [3.05, 3.63) is 40.4 Å². The average molecular weight is 324 g/mol. The van der Waals surface area contributed by atoms with Gasteiger partial charge in [0.2, 0.25) is 0 Å². The second kappa shape index (κ2) is 5.23. The second-order valence-electron chi connectivity index (χ2n) is 5.80. The molecular weight excluding hydrogens is 308 g/mol. The molecule has 122 valence electrons. The summed E-state index contributed by atoms with van der Waals surface area (Å²) in [6.45, 7) is 1.54. The van der Waals surface area contributed by atoms with Crippen molar-refractivity contribution in [2.75, 3.05) is 37.5 Å². The van der Waals surface area contributed by atoms with Crippen molar-refractivity contribution in [1.29, 1.82) is 0 Å². The number of rotatable bonds is 2. The number of ether oxygens (including phenoxy) is 1. The van der Waals surface area contributed by atoms with Gasteiger partial charge in [-0.2, -0.15) is 0 Å². The molecule has 0 fully saturated rings. The molecule has 0 saturated heterocycles. The fraction of sp³-hybridized carbons (Fsp3) is 0.235. The molecule has 0 amide bonds. The quantitative estimate of drug-likeness (QED) is 0.443. The van der Waals surface area contributed by atoms with Crippen molar-refractivity contribution in [2.24, 2.45) is 0 Å². The number of aromatic nitrogens is 1. The maximum Gasteiger partial charge on any atom is 0.295 e. The Hall–Kier alpha value is -3.09. The lowest BCUT2D eigenvalue weighted by atomic mass is 10.0. The van der Waals surface area contributed by atoms with Crippen LogP contribution in [0.4, 0.5) is 17.1 Å². The van der Waals surface area contributed by atoms with Gasteiger partial charge < -0.3 is 15.0 Å². The van der Waals surface area contributed by atoms with Gasteiger partial charge in [0.05, 0.1) is 28.6 Å². The summed E-state index contributed by atoms with van der Waals surface area (Å²) in [5, 5.41) is 16.6. The first kappa shape index (κ1) is 14.5. The zero-order chi connectivity index (χ0) is 16.8. The molecule has 3 aromatic rings. The lowest BCUT2D eigenvalue weighted by molar-refractivity contribution is -0.383. The molecule has 24 heavy (non-hydrogen) atoms. The van der Waals surface area contributed by atoms with Crippen LogP contribution in [0.1, 0.15) is 0 Å². The smallest absolute Gasteiger partial charge is 0.295 e. The molecule has 0 spiro atoms. The van der Waals surface area contributed by atoms with Crippen LogP contribution in [0.25, 0.3) is 21.8 Å². The van der Waals surface area contributed by atoms with Gasteiger partial charge in [-0.05, 0) is 24.3 Å². The highest BCUT2D eigenvalue weighted by Gasteiger charge is 2.24. The number of nitro groups is 1. The van der Waals surface area contributed by atoms with Crippen LogP contribution in [0, 0.1) is 10.1 Å². The van der Waals surface area contributed by atoms with Crippen LogP contribution in [-0.4, -0.2) is 37.2 Å². The highest BCUT2D eigenvalue weighted by atomic mass is 16.6. The monoisotopic (exact) mass is 324 g/mol. The van der Waals surface area contributed by atoms with E-state index in [2.05, 4.69) is 15.2 Å². The maximum absolute atomic E-state index is 11.5. The number of methoxy groups -OCH3 is 1. The standard InChI is InChI=1S/C17H16N4O3/c1-20-8-7-18-16-11-9-10(24-2)3-4-12(11)19-17-14(21(22)23)6-5-13(20)15(16)17/h3-6,9,18H,7-8H2,1-2H3. The number of nitro benzene ring substituents is 1. The predicted molar refractivity (Wildman–Crippen MR) is 94.2 cm³/mol. The van der Waals surface area contributed by atoms with Gasteiger partial charge in [0.1, 0.15) is 5.75 Å². The number of nitrogens with one attached hydrogen (secondary N) is 1. The number of benzene rings is 2. The summed E-state index contributed by atoms with van der Waals surface area (Å²) in [6.07, 6.45) is 0. The summed E-state index contributed by atoms with van der Waals surface area (Å²) in [5.74, 6) is 0.728. The molecule has 1 aromatic heterocycles. The Morgan fingerprint density at radius 2 is 2.17 bits per heavy atom. The highest BCUT2D eigenvalue weighted by molar-refractivity contribution is 6.15. The first-order chi connectivity index (χ1) is 11.6. The first-order valence-electron chi connectivity index (χ1n) is 7.64. The topological polar surface area (TPSA) is 80.5 Å². The molecule has 0 aliphatic carbocycles. The molecule has 0 saturated carbocycles. The number of nitrogens with zero attached hydrogens (tertiary/aromatic N) is 3. The normalized spacial score (nSPS) is 13.7. The molecule has 2 heterocycles. The molecular formula is C17H16N4O3. The molecule has 0 bridgehead atoms. The zero-order valence-corrected chi connectivity index (χ0v) is 13.4. The predicted octanol–water partition coefficient (Wildman–Crippen LogP) is 3.17. The van der Waals surface area contributed by atoms with E-state index in [-0.39, 0.29) is 10.6 Å². The van der Waals surface area contributed by atoms with Gasteiger partial charge in [0.15, 0.2) is 5.52 Å². The van der Waals surface area contributed by atoms with Crippen molar-refractivity contribution in [2.45, 2.75) is 0 Å². The Bertz CT molecular complexity index is 987. The summed E-state index contributed by atoms with van der Waals surface area (Å²) in [7, 11) is 3.60. The Balaban J connectivity index is 2.21. The number of likely N-dealkylation sites (N-methyl/N-ethyl adjacent to an activating group) is 1. The van der Waals surface area contributed by atoms with E-state index in [9.17, 15) is 10.1 Å². The fourth-order valence-electron chi connectivity index (χ4n) is 3.24. The van der Waals surface area contributed by atoms with E-state index in [0.717, 1.165) is 41.0 Å². The van der Waals surface area contributed by atoms with E-state index < -0.39 is 0 Å². The highest BCUT2D eigenvalue weighted by Crippen LogP contribution is 2.42. The van der Waals surface area contributed by atoms with Gasteiger partial charge in [0.25, 0.3) is 5.69 Å². The molecule has 0 atom stereocenters. The van der Waals surface area contributed by atoms with Crippen LogP contribution in [-0.2, 0) is 0 Å². The maximum atomic E-state index is 11.5. The Labute approximate surface area is 138 Å². The fourth-order valence-corrected chi connectivity index (χ4v) is 3.24. The van der Waals surface area contributed by atoms with Crippen LogP contribution < -0.4 is 15.0 Å². The van der Waals surface area contributed by atoms with Crippen LogP contribution >= 0.6 is 0 Å². The molecule has 7 nitrogen and oxygen atoms in total. The van der Waals surface area contributed by atoms with E-state index in [1.54, 1.807) is 13.2 Å². The third-order valence-electron chi connectivity index (χ3n) is 4.45. The molecule has 1 aliphatic heterocycles. The van der Waals surface area contributed by atoms with Gasteiger partial charge >= 0.3 is 0 Å². The summed E-state index contributed by atoms with van der Waals surface area (Å²) in [6, 6.07) is 8.89. The zero-order valence-electron chi connectivity index (χ0n) is 13.4. The van der Waals surface area contributed by atoms with E-state index in [1.165, 1.54) is 6.07 Å². The minimum atomic E-state index is -0.379. The molecule has 2 aromatic carbocycles. The molecule has 7 heteroatoms. The van der Waals surface area contributed by atoms with Crippen LogP contribution in [0.2, 0.25) is 0 Å². The Morgan fingerprint density at radius 3 is 2.92 bits per heavy atom. The lowest BCUT2D eigenvalue weighted by Gasteiger charge is -2.18. The number of anilines is 2. The van der Waals surface area contributed by atoms with Crippen molar-refractivity contribution >= 4 is 38.9 Å². The molecule has 0 unspecified atom stereocenters. The van der Waals surface area contributed by atoms with Crippen molar-refractivity contribution in [3.63, 3.8) is 0 Å². The summed E-state index contributed by atoms with van der Waals surface area (Å²) >= 11 is 0. The molecule has 4 rings (SSSR count). The van der Waals surface area contributed by atoms with Crippen LogP contribution in [0.15, 0.2) is 30.3 Å². The van der Waals surface area contributed by atoms with E-state index in [1.807, 2.05) is 25.2 Å². The van der Waals surface area contributed by atoms with Crippen molar-refractivity contribution < 1.29 is 9.66 Å². The summed E-state index contributed by atoms with van der Waals surface area (Å²) in [4.78, 5) is 17.8. The van der Waals surface area contributed by atoms with Crippen LogP contribution in [0.3, 0.4) is 0 Å². The van der Waals surface area contributed by atoms with Gasteiger partial charge in [0, 0.05) is 37.3 Å². The van der Waals surface area contributed by atoms with Gasteiger partial charge in [-0.3, -0.25) is 10.1 Å². The third-order valence-corrected chi connectivity index (χ3v) is 4.45. The summed E-state index contributed by atoms with van der Waals surface area (Å²) in [5.41, 5.74) is 2.94. The molecule has 0 radical (unpaired) electrons. The minimum absolute atomic E-state index is 0.0184. The number of pyridine rings is 1.